The van der Waals surface area contributed by atoms with E-state index in [-0.39, 0.29) is 17.6 Å². The van der Waals surface area contributed by atoms with Crippen LogP contribution < -0.4 is 5.32 Å². The lowest BCUT2D eigenvalue weighted by molar-refractivity contribution is -0.153. The summed E-state index contributed by atoms with van der Waals surface area (Å²) >= 11 is 0. The number of benzene rings is 1. The molecule has 1 N–H and O–H groups in total. The van der Waals surface area contributed by atoms with Gasteiger partial charge in [0, 0.05) is 31.7 Å². The summed E-state index contributed by atoms with van der Waals surface area (Å²) in [6, 6.07) is 4.19. The summed E-state index contributed by atoms with van der Waals surface area (Å²) in [4.78, 5) is 28.3. The van der Waals surface area contributed by atoms with Crippen molar-refractivity contribution in [1.29, 1.82) is 0 Å². The molecule has 2 heterocycles. The van der Waals surface area contributed by atoms with Gasteiger partial charge in [0.25, 0.3) is 0 Å². The molecule has 23 heavy (non-hydrogen) atoms. The number of rotatable bonds is 3. The molecule has 5 nitrogen and oxygen atoms in total. The minimum absolute atomic E-state index is 0.00140. The van der Waals surface area contributed by atoms with E-state index in [2.05, 4.69) is 5.32 Å². The van der Waals surface area contributed by atoms with E-state index in [1.54, 1.807) is 11.0 Å². The molecule has 2 amide bonds. The quantitative estimate of drug-likeness (QED) is 0.906. The molecule has 3 rings (SSSR count). The summed E-state index contributed by atoms with van der Waals surface area (Å²) in [5.41, 5.74) is 1.64. The van der Waals surface area contributed by atoms with Gasteiger partial charge in [-0.25, -0.2) is 4.39 Å². The number of aryl methyl sites for hydroxylation is 1. The van der Waals surface area contributed by atoms with Crippen molar-refractivity contribution < 1.29 is 14.0 Å². The van der Waals surface area contributed by atoms with Crippen LogP contribution in [0.15, 0.2) is 18.2 Å². The highest BCUT2D eigenvalue weighted by atomic mass is 19.1. The van der Waals surface area contributed by atoms with Gasteiger partial charge in [-0.05, 0) is 19.4 Å². The lowest BCUT2D eigenvalue weighted by Gasteiger charge is -2.45. The number of nitrogens with zero attached hydrogens (tertiary/aromatic N) is 2. The van der Waals surface area contributed by atoms with Crippen molar-refractivity contribution in [1.82, 2.24) is 15.1 Å². The molecule has 0 radical (unpaired) electrons. The highest BCUT2D eigenvalue weighted by Gasteiger charge is 2.42. The van der Waals surface area contributed by atoms with Crippen LogP contribution in [0.5, 0.6) is 0 Å². The van der Waals surface area contributed by atoms with Crippen LogP contribution >= 0.6 is 0 Å². The van der Waals surface area contributed by atoms with Gasteiger partial charge in [0.2, 0.25) is 11.8 Å². The van der Waals surface area contributed by atoms with Crippen molar-refractivity contribution in [2.45, 2.75) is 38.9 Å². The summed E-state index contributed by atoms with van der Waals surface area (Å²) in [6.07, 6.45) is 0.603. The van der Waals surface area contributed by atoms with Gasteiger partial charge in [0.1, 0.15) is 17.9 Å². The topological polar surface area (TPSA) is 52.7 Å². The van der Waals surface area contributed by atoms with Gasteiger partial charge in [0.05, 0.1) is 0 Å². The maximum Gasteiger partial charge on any atom is 0.245 e. The first-order valence-electron chi connectivity index (χ1n) is 8.08. The number of hydrogen-bond acceptors (Lipinski definition) is 3. The molecular weight excluding hydrogens is 297 g/mol. The lowest BCUT2D eigenvalue weighted by atomic mass is 10.0. The second kappa shape index (κ2) is 6.28. The van der Waals surface area contributed by atoms with Gasteiger partial charge < -0.3 is 10.2 Å². The van der Waals surface area contributed by atoms with Crippen molar-refractivity contribution in [2.75, 3.05) is 19.6 Å². The Balaban J connectivity index is 1.71. The molecule has 0 aliphatic carbocycles. The molecule has 0 unspecified atom stereocenters. The molecule has 2 fully saturated rings. The summed E-state index contributed by atoms with van der Waals surface area (Å²) in [7, 11) is 0. The minimum Gasteiger partial charge on any atom is -0.342 e. The van der Waals surface area contributed by atoms with Gasteiger partial charge in [-0.2, -0.15) is 0 Å². The van der Waals surface area contributed by atoms with Crippen LogP contribution in [0.25, 0.3) is 0 Å². The molecule has 0 bridgehead atoms. The fourth-order valence-corrected chi connectivity index (χ4v) is 3.34. The maximum atomic E-state index is 13.9. The van der Waals surface area contributed by atoms with Crippen molar-refractivity contribution in [2.24, 2.45) is 0 Å². The van der Waals surface area contributed by atoms with E-state index in [9.17, 15) is 14.0 Å². The summed E-state index contributed by atoms with van der Waals surface area (Å²) in [6.45, 7) is 5.89. The highest BCUT2D eigenvalue weighted by molar-refractivity contribution is 5.97. The summed E-state index contributed by atoms with van der Waals surface area (Å²) in [5, 5.41) is 2.79. The van der Waals surface area contributed by atoms with Crippen LogP contribution in [0.4, 0.5) is 4.39 Å². The Morgan fingerprint density at radius 3 is 2.83 bits per heavy atom. The average Bonchev–Trinajstić information content (AvgIpc) is 2.54. The number of fused-ring (bicyclic) bond motifs is 1. The highest BCUT2D eigenvalue weighted by Crippen LogP contribution is 2.20. The molecule has 1 aromatic rings. The minimum atomic E-state index is -0.466. The molecule has 2 aliphatic heterocycles. The third-order valence-corrected chi connectivity index (χ3v) is 4.67. The number of hydrogen-bond donors (Lipinski definition) is 1. The first-order valence-corrected chi connectivity index (χ1v) is 8.08. The smallest absolute Gasteiger partial charge is 0.245 e. The normalized spacial score (nSPS) is 25.3. The second-order valence-electron chi connectivity index (χ2n) is 6.35. The van der Waals surface area contributed by atoms with Crippen molar-refractivity contribution >= 4 is 11.8 Å². The number of nitrogens with one attached hydrogen (secondary N) is 1. The van der Waals surface area contributed by atoms with E-state index >= 15 is 0 Å². The standard InChI is InChI=1S/C17H22FN3O2/c1-3-14-17(23)21-7-6-20(10-15(21)16(22)19-14)9-12-8-11(2)4-5-13(12)18/h4-5,8,14-15H,3,6-7,9-10H2,1-2H3,(H,19,22)/t14-,15+/m0/s1. The largest absolute Gasteiger partial charge is 0.342 e. The van der Waals surface area contributed by atoms with Gasteiger partial charge in [-0.1, -0.05) is 24.6 Å². The Morgan fingerprint density at radius 2 is 2.09 bits per heavy atom. The molecule has 0 spiro atoms. The number of piperazine rings is 2. The van der Waals surface area contributed by atoms with E-state index in [1.807, 2.05) is 24.8 Å². The first kappa shape index (κ1) is 15.9. The fourth-order valence-electron chi connectivity index (χ4n) is 3.34. The Labute approximate surface area is 135 Å². The Kier molecular flexibility index (Phi) is 4.35. The van der Waals surface area contributed by atoms with Crippen LogP contribution in [0.1, 0.15) is 24.5 Å². The predicted molar refractivity (Wildman–Crippen MR) is 84.1 cm³/mol. The molecule has 2 aliphatic rings. The first-order chi connectivity index (χ1) is 11.0. The molecular formula is C17H22FN3O2. The van der Waals surface area contributed by atoms with Crippen LogP contribution in [-0.4, -0.2) is 53.3 Å². The average molecular weight is 319 g/mol. The third-order valence-electron chi connectivity index (χ3n) is 4.67. The molecule has 2 atom stereocenters. The molecule has 1 aromatic carbocycles. The predicted octanol–water partition coefficient (Wildman–Crippen LogP) is 1.06. The zero-order valence-electron chi connectivity index (χ0n) is 13.5. The van der Waals surface area contributed by atoms with Crippen LogP contribution in [0.3, 0.4) is 0 Å². The number of halogens is 1. The zero-order chi connectivity index (χ0) is 16.6. The van der Waals surface area contributed by atoms with Crippen LogP contribution in [0, 0.1) is 12.7 Å². The Morgan fingerprint density at radius 1 is 1.30 bits per heavy atom. The van der Waals surface area contributed by atoms with Gasteiger partial charge in [-0.15, -0.1) is 0 Å². The van der Waals surface area contributed by atoms with E-state index in [0.29, 0.717) is 38.2 Å². The molecule has 2 saturated heterocycles. The van der Waals surface area contributed by atoms with Crippen molar-refractivity contribution in [3.63, 3.8) is 0 Å². The van der Waals surface area contributed by atoms with Crippen LogP contribution in [0.2, 0.25) is 0 Å². The van der Waals surface area contributed by atoms with Gasteiger partial charge >= 0.3 is 0 Å². The zero-order valence-corrected chi connectivity index (χ0v) is 13.5. The number of carbonyl (C=O) groups is 2. The Hall–Kier alpha value is -1.95. The van der Waals surface area contributed by atoms with E-state index in [1.165, 1.54) is 6.07 Å². The van der Waals surface area contributed by atoms with Crippen molar-refractivity contribution in [3.8, 4) is 0 Å². The van der Waals surface area contributed by atoms with Gasteiger partial charge in [-0.3, -0.25) is 14.5 Å². The monoisotopic (exact) mass is 319 g/mol. The summed E-state index contributed by atoms with van der Waals surface area (Å²) in [5.74, 6) is -0.336. The van der Waals surface area contributed by atoms with E-state index < -0.39 is 12.1 Å². The maximum absolute atomic E-state index is 13.9. The molecule has 0 aromatic heterocycles. The second-order valence-corrected chi connectivity index (χ2v) is 6.35. The van der Waals surface area contributed by atoms with Crippen molar-refractivity contribution in [3.05, 3.63) is 35.1 Å². The Bertz CT molecular complexity index is 634. The molecule has 124 valence electrons. The van der Waals surface area contributed by atoms with Crippen LogP contribution in [-0.2, 0) is 16.1 Å². The number of carbonyl (C=O) groups excluding carboxylic acids is 2. The van der Waals surface area contributed by atoms with Gasteiger partial charge in [0.15, 0.2) is 0 Å². The lowest BCUT2D eigenvalue weighted by Crippen LogP contribution is -2.68. The molecule has 6 heteroatoms. The SMILES string of the molecule is CC[C@@H]1NC(=O)[C@H]2CN(Cc3cc(C)ccc3F)CCN2C1=O. The number of amides is 2. The fraction of sp³-hybridized carbons (Fsp3) is 0.529. The summed E-state index contributed by atoms with van der Waals surface area (Å²) < 4.78 is 13.9. The third kappa shape index (κ3) is 3.08. The van der Waals surface area contributed by atoms with E-state index in [4.69, 9.17) is 0 Å². The molecule has 0 saturated carbocycles. The van der Waals surface area contributed by atoms with E-state index in [0.717, 1.165) is 5.56 Å².